The van der Waals surface area contributed by atoms with E-state index in [-0.39, 0.29) is 11.9 Å². The number of hydrogen-bond acceptors (Lipinski definition) is 3. The van der Waals surface area contributed by atoms with Gasteiger partial charge in [0.25, 0.3) is 0 Å². The summed E-state index contributed by atoms with van der Waals surface area (Å²) in [5.74, 6) is 0.840. The number of thioether (sulfide) groups is 1. The van der Waals surface area contributed by atoms with Crippen LogP contribution in [-0.4, -0.2) is 24.0 Å². The van der Waals surface area contributed by atoms with Gasteiger partial charge in [-0.1, -0.05) is 29.3 Å². The fourth-order valence-electron chi connectivity index (χ4n) is 2.04. The average Bonchev–Trinajstić information content (AvgIpc) is 2.34. The maximum absolute atomic E-state index is 12.0. The second kappa shape index (κ2) is 7.56. The van der Waals surface area contributed by atoms with Gasteiger partial charge in [-0.3, -0.25) is 4.79 Å². The molecule has 0 aliphatic heterocycles. The average molecular weight is 280 g/mol. The monoisotopic (exact) mass is 280 g/mol. The minimum Gasteiger partial charge on any atom is -0.348 e. The molecule has 0 bridgehead atoms. The first-order valence-electron chi connectivity index (χ1n) is 6.57. The van der Waals surface area contributed by atoms with Crippen molar-refractivity contribution in [2.45, 2.75) is 39.3 Å². The van der Waals surface area contributed by atoms with Gasteiger partial charge < -0.3 is 11.1 Å². The van der Waals surface area contributed by atoms with Crippen LogP contribution in [0.1, 0.15) is 36.1 Å². The molecule has 1 aromatic rings. The fraction of sp³-hybridized carbons (Fsp3) is 0.533. The van der Waals surface area contributed by atoms with Crippen molar-refractivity contribution >= 4 is 17.7 Å². The topological polar surface area (TPSA) is 55.1 Å². The van der Waals surface area contributed by atoms with Gasteiger partial charge in [-0.15, -0.1) is 0 Å². The van der Waals surface area contributed by atoms with Crippen LogP contribution in [0.2, 0.25) is 0 Å². The molecular weight excluding hydrogens is 256 g/mol. The van der Waals surface area contributed by atoms with E-state index in [0.29, 0.717) is 6.42 Å². The van der Waals surface area contributed by atoms with Gasteiger partial charge in [0.1, 0.15) is 0 Å². The van der Waals surface area contributed by atoms with Crippen molar-refractivity contribution in [2.24, 2.45) is 5.73 Å². The van der Waals surface area contributed by atoms with Crippen molar-refractivity contribution in [3.63, 3.8) is 0 Å². The molecule has 4 heteroatoms. The van der Waals surface area contributed by atoms with Crippen molar-refractivity contribution in [1.29, 1.82) is 0 Å². The molecule has 0 saturated heterocycles. The molecule has 106 valence electrons. The Kier molecular flexibility index (Phi) is 6.38. The van der Waals surface area contributed by atoms with Crippen LogP contribution >= 0.6 is 11.8 Å². The van der Waals surface area contributed by atoms with Gasteiger partial charge in [0.05, 0.1) is 12.1 Å². The Balaban J connectivity index is 2.63. The number of aryl methyl sites for hydroxylation is 2. The van der Waals surface area contributed by atoms with Crippen molar-refractivity contribution in [2.75, 3.05) is 12.0 Å². The lowest BCUT2D eigenvalue weighted by molar-refractivity contribution is -0.123. The van der Waals surface area contributed by atoms with E-state index in [1.54, 1.807) is 11.8 Å². The highest BCUT2D eigenvalue weighted by Gasteiger charge is 2.16. The molecule has 0 heterocycles. The molecule has 19 heavy (non-hydrogen) atoms. The third-order valence-electron chi connectivity index (χ3n) is 3.07. The molecule has 2 atom stereocenters. The third kappa shape index (κ3) is 5.25. The van der Waals surface area contributed by atoms with Gasteiger partial charge in [0, 0.05) is 0 Å². The van der Waals surface area contributed by atoms with Crippen molar-refractivity contribution in [3.8, 4) is 0 Å². The Morgan fingerprint density at radius 2 is 1.89 bits per heavy atom. The molecule has 0 fully saturated rings. The number of hydrogen-bond donors (Lipinski definition) is 2. The van der Waals surface area contributed by atoms with Gasteiger partial charge >= 0.3 is 0 Å². The number of nitrogens with two attached hydrogens (primary N) is 1. The molecule has 1 rings (SSSR count). The minimum atomic E-state index is -0.416. The van der Waals surface area contributed by atoms with Gasteiger partial charge in [0.2, 0.25) is 5.91 Å². The summed E-state index contributed by atoms with van der Waals surface area (Å²) in [7, 11) is 0. The number of carbonyl (C=O) groups excluding carboxylic acids is 1. The number of nitrogens with one attached hydrogen (secondary N) is 1. The third-order valence-corrected chi connectivity index (χ3v) is 3.72. The van der Waals surface area contributed by atoms with Crippen LogP contribution in [0.5, 0.6) is 0 Å². The number of amides is 1. The highest BCUT2D eigenvalue weighted by Crippen LogP contribution is 2.16. The zero-order valence-corrected chi connectivity index (χ0v) is 13.0. The van der Waals surface area contributed by atoms with E-state index in [9.17, 15) is 4.79 Å². The molecule has 0 aliphatic carbocycles. The molecule has 0 saturated carbocycles. The first-order valence-corrected chi connectivity index (χ1v) is 7.96. The Bertz CT molecular complexity index is 414. The maximum atomic E-state index is 12.0. The Morgan fingerprint density at radius 1 is 1.32 bits per heavy atom. The van der Waals surface area contributed by atoms with E-state index in [1.165, 1.54) is 11.1 Å². The van der Waals surface area contributed by atoms with Gasteiger partial charge in [-0.2, -0.15) is 11.8 Å². The largest absolute Gasteiger partial charge is 0.348 e. The fourth-order valence-corrected chi connectivity index (χ4v) is 2.53. The van der Waals surface area contributed by atoms with Crippen molar-refractivity contribution < 1.29 is 4.79 Å². The summed E-state index contributed by atoms with van der Waals surface area (Å²) < 4.78 is 0. The Morgan fingerprint density at radius 3 is 2.42 bits per heavy atom. The van der Waals surface area contributed by atoms with Crippen LogP contribution in [0.3, 0.4) is 0 Å². The lowest BCUT2D eigenvalue weighted by Crippen LogP contribution is -2.41. The minimum absolute atomic E-state index is 0.00794. The standard InChI is InChI=1S/C15H24N2OS/c1-10-7-11(2)9-13(8-10)12(3)17-15(18)14(16)5-6-19-4/h7-9,12,14H,5-6,16H2,1-4H3,(H,17,18)/t12?,14-/m0/s1. The van der Waals surface area contributed by atoms with E-state index in [2.05, 4.69) is 37.4 Å². The van der Waals surface area contributed by atoms with E-state index in [0.717, 1.165) is 11.3 Å². The van der Waals surface area contributed by atoms with Crippen LogP contribution < -0.4 is 11.1 Å². The number of carbonyl (C=O) groups is 1. The molecular formula is C15H24N2OS. The highest BCUT2D eigenvalue weighted by atomic mass is 32.2. The number of rotatable bonds is 6. The van der Waals surface area contributed by atoms with E-state index < -0.39 is 6.04 Å². The summed E-state index contributed by atoms with van der Waals surface area (Å²) >= 11 is 1.71. The van der Waals surface area contributed by atoms with Gasteiger partial charge in [-0.05, 0) is 44.8 Å². The molecule has 0 radical (unpaired) electrons. The van der Waals surface area contributed by atoms with Gasteiger partial charge in [-0.25, -0.2) is 0 Å². The van der Waals surface area contributed by atoms with E-state index in [4.69, 9.17) is 5.73 Å². The molecule has 0 aromatic heterocycles. The first-order chi connectivity index (χ1) is 8.93. The zero-order chi connectivity index (χ0) is 14.4. The molecule has 1 unspecified atom stereocenters. The van der Waals surface area contributed by atoms with E-state index >= 15 is 0 Å². The second-order valence-corrected chi connectivity index (χ2v) is 6.02. The summed E-state index contributed by atoms with van der Waals surface area (Å²) in [5, 5.41) is 2.99. The number of benzene rings is 1. The Hall–Kier alpha value is -1.00. The summed E-state index contributed by atoms with van der Waals surface area (Å²) in [6.45, 7) is 6.12. The van der Waals surface area contributed by atoms with Crippen LogP contribution in [0.25, 0.3) is 0 Å². The summed E-state index contributed by atoms with van der Waals surface area (Å²) in [4.78, 5) is 12.0. The van der Waals surface area contributed by atoms with Crippen LogP contribution in [0, 0.1) is 13.8 Å². The molecule has 1 amide bonds. The van der Waals surface area contributed by atoms with Crippen molar-refractivity contribution in [1.82, 2.24) is 5.32 Å². The van der Waals surface area contributed by atoms with Gasteiger partial charge in [0.15, 0.2) is 0 Å². The van der Waals surface area contributed by atoms with Crippen LogP contribution in [-0.2, 0) is 4.79 Å². The summed E-state index contributed by atoms with van der Waals surface area (Å²) in [6, 6.07) is 5.91. The van der Waals surface area contributed by atoms with E-state index in [1.807, 2.05) is 13.2 Å². The SMILES string of the molecule is CSCC[C@H](N)C(=O)NC(C)c1cc(C)cc(C)c1. The van der Waals surface area contributed by atoms with Crippen LogP contribution in [0.4, 0.5) is 0 Å². The maximum Gasteiger partial charge on any atom is 0.237 e. The molecule has 0 aliphatic rings. The van der Waals surface area contributed by atoms with Crippen LogP contribution in [0.15, 0.2) is 18.2 Å². The highest BCUT2D eigenvalue weighted by molar-refractivity contribution is 7.98. The zero-order valence-electron chi connectivity index (χ0n) is 12.2. The lowest BCUT2D eigenvalue weighted by Gasteiger charge is -2.18. The Labute approximate surface area is 120 Å². The first kappa shape index (κ1) is 16.1. The predicted octanol–water partition coefficient (Wildman–Crippen LogP) is 2.56. The van der Waals surface area contributed by atoms with Crippen molar-refractivity contribution in [3.05, 3.63) is 34.9 Å². The smallest absolute Gasteiger partial charge is 0.237 e. The normalized spacial score (nSPS) is 13.9. The molecule has 1 aromatic carbocycles. The molecule has 0 spiro atoms. The molecule has 3 nitrogen and oxygen atoms in total. The summed E-state index contributed by atoms with van der Waals surface area (Å²) in [5.41, 5.74) is 9.41. The quantitative estimate of drug-likeness (QED) is 0.842. The lowest BCUT2D eigenvalue weighted by atomic mass is 10.0. The molecule has 3 N–H and O–H groups in total. The predicted molar refractivity (Wildman–Crippen MR) is 83.4 cm³/mol. The summed E-state index contributed by atoms with van der Waals surface area (Å²) in [6.07, 6.45) is 2.73. The second-order valence-electron chi connectivity index (χ2n) is 5.04.